The highest BCUT2D eigenvalue weighted by molar-refractivity contribution is 9.10. The molecule has 9 heteroatoms. The molecule has 0 unspecified atom stereocenters. The molecule has 3 rings (SSSR count). The Morgan fingerprint density at radius 1 is 1.30 bits per heavy atom. The Balaban J connectivity index is 2.04. The number of carbonyl (C=O) groups is 1. The van der Waals surface area contributed by atoms with Crippen molar-refractivity contribution in [2.75, 3.05) is 18.5 Å². The van der Waals surface area contributed by atoms with Crippen LogP contribution in [0, 0.1) is 5.82 Å². The fraction of sp³-hybridized carbons (Fsp3) is 0.333. The molecule has 0 fully saturated rings. The first kappa shape index (κ1) is 19.5. The predicted molar refractivity (Wildman–Crippen MR) is 102 cm³/mol. The molecule has 3 N–H and O–H groups in total. The maximum absolute atomic E-state index is 14.2. The van der Waals surface area contributed by atoms with Gasteiger partial charge in [0.25, 0.3) is 11.5 Å². The highest BCUT2D eigenvalue weighted by Crippen LogP contribution is 2.28. The summed E-state index contributed by atoms with van der Waals surface area (Å²) < 4.78 is 16.4. The third kappa shape index (κ3) is 4.37. The number of aliphatic hydroxyl groups is 1. The molecular formula is C18H19BrFN3O4. The van der Waals surface area contributed by atoms with Crippen LogP contribution in [0.25, 0.3) is 0 Å². The summed E-state index contributed by atoms with van der Waals surface area (Å²) in [5.41, 5.74) is 3.18. The molecule has 0 saturated carbocycles. The van der Waals surface area contributed by atoms with Crippen LogP contribution in [0.4, 0.5) is 15.8 Å². The normalized spacial score (nSPS) is 13.1. The lowest BCUT2D eigenvalue weighted by Crippen LogP contribution is -2.34. The number of aliphatic hydroxyl groups excluding tert-OH is 1. The van der Waals surface area contributed by atoms with Crippen LogP contribution in [0.3, 0.4) is 0 Å². The standard InChI is InChI=1S/C18H19BrFN3O4/c19-11-4-5-13(12(20)9-11)21-14-10-16(25)23-6-2-1-3-15(23)17(14)18(26)22-27-8-7-24/h4-5,9-10,21,24H,1-3,6-8H2,(H,22,26). The van der Waals surface area contributed by atoms with Gasteiger partial charge in [-0.3, -0.25) is 14.4 Å². The number of rotatable bonds is 6. The van der Waals surface area contributed by atoms with E-state index in [1.54, 1.807) is 10.6 Å². The van der Waals surface area contributed by atoms with Crippen molar-refractivity contribution in [3.05, 3.63) is 56.2 Å². The summed E-state index contributed by atoms with van der Waals surface area (Å²) in [6.45, 7) is 0.214. The van der Waals surface area contributed by atoms with Crippen LogP contribution in [-0.4, -0.2) is 28.8 Å². The molecule has 2 heterocycles. The topological polar surface area (TPSA) is 92.6 Å². The Labute approximate surface area is 163 Å². The molecule has 1 aromatic carbocycles. The first-order chi connectivity index (χ1) is 13.0. The second kappa shape index (κ2) is 8.64. The average Bonchev–Trinajstić information content (AvgIpc) is 2.64. The van der Waals surface area contributed by atoms with Gasteiger partial charge in [0.1, 0.15) is 5.82 Å². The molecule has 0 spiro atoms. The monoisotopic (exact) mass is 439 g/mol. The van der Waals surface area contributed by atoms with E-state index >= 15 is 0 Å². The van der Waals surface area contributed by atoms with Crippen LogP contribution in [-0.2, 0) is 17.8 Å². The number of aromatic nitrogens is 1. The van der Waals surface area contributed by atoms with Crippen LogP contribution in [0.2, 0.25) is 0 Å². The number of nitrogens with one attached hydrogen (secondary N) is 2. The lowest BCUT2D eigenvalue weighted by Gasteiger charge is -2.23. The molecule has 27 heavy (non-hydrogen) atoms. The van der Waals surface area contributed by atoms with Crippen LogP contribution in [0.5, 0.6) is 0 Å². The van der Waals surface area contributed by atoms with E-state index in [0.717, 1.165) is 12.8 Å². The zero-order valence-corrected chi connectivity index (χ0v) is 16.0. The number of amides is 1. The summed E-state index contributed by atoms with van der Waals surface area (Å²) in [6.07, 6.45) is 2.24. The third-order valence-corrected chi connectivity index (χ3v) is 4.74. The summed E-state index contributed by atoms with van der Waals surface area (Å²) in [4.78, 5) is 30.1. The van der Waals surface area contributed by atoms with Gasteiger partial charge >= 0.3 is 0 Å². The lowest BCUT2D eigenvalue weighted by molar-refractivity contribution is 0.0167. The zero-order chi connectivity index (χ0) is 19.4. The summed E-state index contributed by atoms with van der Waals surface area (Å²) in [6, 6.07) is 5.75. The maximum Gasteiger partial charge on any atom is 0.278 e. The number of hydrogen-bond acceptors (Lipinski definition) is 5. The van der Waals surface area contributed by atoms with Crippen molar-refractivity contribution < 1.29 is 19.1 Å². The van der Waals surface area contributed by atoms with Gasteiger partial charge in [-0.1, -0.05) is 15.9 Å². The fourth-order valence-corrected chi connectivity index (χ4v) is 3.40. The molecule has 0 radical (unpaired) electrons. The minimum atomic E-state index is -0.561. The van der Waals surface area contributed by atoms with E-state index in [2.05, 4.69) is 26.7 Å². The Morgan fingerprint density at radius 3 is 2.85 bits per heavy atom. The molecule has 0 saturated heterocycles. The molecule has 0 aliphatic carbocycles. The summed E-state index contributed by atoms with van der Waals surface area (Å²) in [5.74, 6) is -1.08. The largest absolute Gasteiger partial charge is 0.394 e. The molecule has 1 aliphatic heterocycles. The number of anilines is 2. The van der Waals surface area contributed by atoms with E-state index < -0.39 is 11.7 Å². The Kier molecular flexibility index (Phi) is 6.25. The van der Waals surface area contributed by atoms with Gasteiger partial charge in [-0.15, -0.1) is 0 Å². The second-order valence-electron chi connectivity index (χ2n) is 6.08. The number of hydroxylamine groups is 1. The smallest absolute Gasteiger partial charge is 0.278 e. The second-order valence-corrected chi connectivity index (χ2v) is 6.99. The molecule has 1 aliphatic rings. The highest BCUT2D eigenvalue weighted by Gasteiger charge is 2.24. The number of benzene rings is 1. The van der Waals surface area contributed by atoms with Crippen molar-refractivity contribution in [3.8, 4) is 0 Å². The maximum atomic E-state index is 14.2. The van der Waals surface area contributed by atoms with Crippen molar-refractivity contribution >= 4 is 33.2 Å². The first-order valence-corrected chi connectivity index (χ1v) is 9.32. The van der Waals surface area contributed by atoms with Crippen LogP contribution in [0.15, 0.2) is 33.5 Å². The minimum absolute atomic E-state index is 0.0647. The van der Waals surface area contributed by atoms with Crippen molar-refractivity contribution in [3.63, 3.8) is 0 Å². The van der Waals surface area contributed by atoms with Gasteiger partial charge < -0.3 is 15.0 Å². The van der Waals surface area contributed by atoms with E-state index in [4.69, 9.17) is 9.94 Å². The molecule has 1 aromatic heterocycles. The molecule has 0 bridgehead atoms. The number of pyridine rings is 1. The van der Waals surface area contributed by atoms with Gasteiger partial charge in [-0.05, 0) is 37.5 Å². The van der Waals surface area contributed by atoms with Gasteiger partial charge in [0.05, 0.1) is 30.2 Å². The number of nitrogens with zero attached hydrogens (tertiary/aromatic N) is 1. The SMILES string of the molecule is O=C(NOCCO)c1c(Nc2ccc(Br)cc2F)cc(=O)n2c1CCCC2. The molecule has 7 nitrogen and oxygen atoms in total. The Morgan fingerprint density at radius 2 is 2.11 bits per heavy atom. The predicted octanol–water partition coefficient (Wildman–Crippen LogP) is 2.48. The van der Waals surface area contributed by atoms with Gasteiger partial charge in [-0.25, -0.2) is 9.87 Å². The average molecular weight is 440 g/mol. The van der Waals surface area contributed by atoms with Gasteiger partial charge in [0.2, 0.25) is 0 Å². The summed E-state index contributed by atoms with van der Waals surface area (Å²) in [7, 11) is 0. The van der Waals surface area contributed by atoms with Crippen LogP contribution in [0.1, 0.15) is 28.9 Å². The van der Waals surface area contributed by atoms with E-state index in [1.807, 2.05) is 0 Å². The first-order valence-electron chi connectivity index (χ1n) is 8.53. The fourth-order valence-electron chi connectivity index (χ4n) is 3.07. The van der Waals surface area contributed by atoms with Crippen molar-refractivity contribution in [2.24, 2.45) is 0 Å². The van der Waals surface area contributed by atoms with Crippen molar-refractivity contribution in [2.45, 2.75) is 25.8 Å². The van der Waals surface area contributed by atoms with Gasteiger partial charge in [-0.2, -0.15) is 0 Å². The van der Waals surface area contributed by atoms with Gasteiger partial charge in [0, 0.05) is 22.8 Å². The Hall–Kier alpha value is -2.23. The molecule has 0 atom stereocenters. The quantitative estimate of drug-likeness (QED) is 0.474. The number of hydrogen-bond donors (Lipinski definition) is 3. The number of halogens is 2. The third-order valence-electron chi connectivity index (χ3n) is 4.25. The molecular weight excluding hydrogens is 421 g/mol. The van der Waals surface area contributed by atoms with E-state index in [1.165, 1.54) is 18.2 Å². The van der Waals surface area contributed by atoms with E-state index in [9.17, 15) is 14.0 Å². The number of carbonyl (C=O) groups excluding carboxylic acids is 1. The lowest BCUT2D eigenvalue weighted by atomic mass is 10.0. The summed E-state index contributed by atoms with van der Waals surface area (Å²) in [5, 5.41) is 11.7. The highest BCUT2D eigenvalue weighted by atomic mass is 79.9. The van der Waals surface area contributed by atoms with Crippen LogP contribution >= 0.6 is 15.9 Å². The zero-order valence-electron chi connectivity index (χ0n) is 14.4. The van der Waals surface area contributed by atoms with Crippen molar-refractivity contribution in [1.82, 2.24) is 10.0 Å². The molecule has 144 valence electrons. The van der Waals surface area contributed by atoms with Gasteiger partial charge in [0.15, 0.2) is 0 Å². The Bertz CT molecular complexity index is 916. The summed E-state index contributed by atoms with van der Waals surface area (Å²) >= 11 is 3.19. The van der Waals surface area contributed by atoms with Crippen molar-refractivity contribution in [1.29, 1.82) is 0 Å². The molecule has 1 amide bonds. The molecule has 2 aromatic rings. The minimum Gasteiger partial charge on any atom is -0.394 e. The van der Waals surface area contributed by atoms with E-state index in [0.29, 0.717) is 23.1 Å². The van der Waals surface area contributed by atoms with Crippen LogP contribution < -0.4 is 16.4 Å². The van der Waals surface area contributed by atoms with E-state index in [-0.39, 0.29) is 35.7 Å². The number of fused-ring (bicyclic) bond motifs is 1.